The molecule has 30 heavy (non-hydrogen) atoms. The molecule has 0 aliphatic heterocycles. The maximum absolute atomic E-state index is 13.8. The van der Waals surface area contributed by atoms with Crippen molar-refractivity contribution in [3.8, 4) is 0 Å². The van der Waals surface area contributed by atoms with E-state index in [-0.39, 0.29) is 11.8 Å². The van der Waals surface area contributed by atoms with E-state index in [2.05, 4.69) is 104 Å². The second-order valence-electron chi connectivity index (χ2n) is 9.36. The van der Waals surface area contributed by atoms with Gasteiger partial charge in [0.15, 0.2) is 0 Å². The molecule has 1 aliphatic rings. The number of hydrogen-bond acceptors (Lipinski definition) is 1. The van der Waals surface area contributed by atoms with Crippen LogP contribution in [-0.4, -0.2) is 13.9 Å². The molecule has 3 atom stereocenters. The summed E-state index contributed by atoms with van der Waals surface area (Å²) in [6.07, 6.45) is 3.94. The lowest BCUT2D eigenvalue weighted by Gasteiger charge is -2.43. The van der Waals surface area contributed by atoms with Gasteiger partial charge in [0.2, 0.25) is 0 Å². The lowest BCUT2D eigenvalue weighted by molar-refractivity contribution is -0.129. The summed E-state index contributed by atoms with van der Waals surface area (Å²) in [6.45, 7) is 4.94. The van der Waals surface area contributed by atoms with E-state index in [4.69, 9.17) is 0 Å². The van der Waals surface area contributed by atoms with Gasteiger partial charge in [-0.2, -0.15) is 0 Å². The second kappa shape index (κ2) is 9.14. The lowest BCUT2D eigenvalue weighted by Crippen LogP contribution is -2.52. The summed E-state index contributed by atoms with van der Waals surface area (Å²) in [7, 11) is -1.78. The van der Waals surface area contributed by atoms with Gasteiger partial charge in [-0.25, -0.2) is 0 Å². The van der Waals surface area contributed by atoms with Crippen molar-refractivity contribution in [1.29, 1.82) is 0 Å². The SMILES string of the molecule is C[Si](C)(c1ccccc1)[C@H]1CC[C@H](Cc2ccccc2)C(=O)[C@@H]1Cc1ccccc1. The van der Waals surface area contributed by atoms with E-state index in [1.807, 2.05) is 0 Å². The fourth-order valence-electron chi connectivity index (χ4n) is 5.38. The lowest BCUT2D eigenvalue weighted by atomic mass is 9.74. The van der Waals surface area contributed by atoms with Gasteiger partial charge in [0.05, 0.1) is 8.07 Å². The number of benzene rings is 3. The number of carbonyl (C=O) groups is 1. The topological polar surface area (TPSA) is 17.1 Å². The van der Waals surface area contributed by atoms with Crippen LogP contribution in [0.3, 0.4) is 0 Å². The van der Waals surface area contributed by atoms with Crippen molar-refractivity contribution in [2.24, 2.45) is 11.8 Å². The van der Waals surface area contributed by atoms with Gasteiger partial charge < -0.3 is 0 Å². The Morgan fingerprint density at radius 3 is 1.77 bits per heavy atom. The van der Waals surface area contributed by atoms with Crippen LogP contribution in [0.15, 0.2) is 91.0 Å². The normalized spacial score (nSPS) is 22.1. The van der Waals surface area contributed by atoms with Crippen molar-refractivity contribution in [3.05, 3.63) is 102 Å². The minimum Gasteiger partial charge on any atom is -0.299 e. The van der Waals surface area contributed by atoms with Crippen molar-refractivity contribution >= 4 is 19.0 Å². The Morgan fingerprint density at radius 1 is 0.700 bits per heavy atom. The molecule has 0 aromatic heterocycles. The maximum atomic E-state index is 13.8. The Hall–Kier alpha value is -2.45. The van der Waals surface area contributed by atoms with Crippen LogP contribution in [0.25, 0.3) is 0 Å². The molecule has 1 saturated carbocycles. The highest BCUT2D eigenvalue weighted by atomic mass is 28.3. The molecule has 1 fully saturated rings. The fraction of sp³-hybridized carbons (Fsp3) is 0.321. The average molecular weight is 413 g/mol. The summed E-state index contributed by atoms with van der Waals surface area (Å²) < 4.78 is 0. The molecule has 154 valence electrons. The molecule has 0 saturated heterocycles. The zero-order valence-corrected chi connectivity index (χ0v) is 19.1. The summed E-state index contributed by atoms with van der Waals surface area (Å²) in [4.78, 5) is 13.8. The van der Waals surface area contributed by atoms with Crippen LogP contribution < -0.4 is 5.19 Å². The summed E-state index contributed by atoms with van der Waals surface area (Å²) in [6, 6.07) is 32.1. The Bertz CT molecular complexity index is 950. The van der Waals surface area contributed by atoms with Crippen LogP contribution in [-0.2, 0) is 17.6 Å². The average Bonchev–Trinajstić information content (AvgIpc) is 2.78. The standard InChI is InChI=1S/C28H32OSi/c1-30(2,25-16-10-5-11-17-25)27-19-18-24(20-22-12-6-3-7-13-22)28(29)26(27)21-23-14-8-4-9-15-23/h3-17,24,26-27H,18-21H2,1-2H3/t24-,26-,27+/m1/s1. The largest absolute Gasteiger partial charge is 0.299 e. The van der Waals surface area contributed by atoms with Gasteiger partial charge in [-0.05, 0) is 35.9 Å². The van der Waals surface area contributed by atoms with Crippen molar-refractivity contribution in [3.63, 3.8) is 0 Å². The van der Waals surface area contributed by atoms with Crippen LogP contribution >= 0.6 is 0 Å². The summed E-state index contributed by atoms with van der Waals surface area (Å²) >= 11 is 0. The summed E-state index contributed by atoms with van der Waals surface area (Å²) in [5.41, 5.74) is 3.06. The molecule has 1 nitrogen and oxygen atoms in total. The highest BCUT2D eigenvalue weighted by Gasteiger charge is 2.46. The molecule has 0 radical (unpaired) electrons. The quantitative estimate of drug-likeness (QED) is 0.450. The molecule has 4 rings (SSSR count). The number of hydrogen-bond donors (Lipinski definition) is 0. The van der Waals surface area contributed by atoms with Crippen LogP contribution in [0.5, 0.6) is 0 Å². The van der Waals surface area contributed by atoms with Crippen molar-refractivity contribution in [2.45, 2.75) is 44.3 Å². The van der Waals surface area contributed by atoms with Crippen molar-refractivity contribution in [1.82, 2.24) is 0 Å². The van der Waals surface area contributed by atoms with Gasteiger partial charge in [-0.1, -0.05) is 116 Å². The molecule has 0 unspecified atom stereocenters. The molecule has 1 aliphatic carbocycles. The minimum absolute atomic E-state index is 0.122. The fourth-order valence-corrected chi connectivity index (χ4v) is 9.04. The Morgan fingerprint density at radius 2 is 1.20 bits per heavy atom. The second-order valence-corrected chi connectivity index (χ2v) is 14.1. The molecule has 0 N–H and O–H groups in total. The zero-order valence-electron chi connectivity index (χ0n) is 18.1. The molecule has 2 heteroatoms. The van der Waals surface area contributed by atoms with E-state index in [0.717, 1.165) is 25.7 Å². The molecule has 3 aromatic carbocycles. The van der Waals surface area contributed by atoms with Crippen LogP contribution in [0.1, 0.15) is 24.0 Å². The third-order valence-corrected chi connectivity index (χ3v) is 11.5. The number of carbonyl (C=O) groups excluding carboxylic acids is 1. The van der Waals surface area contributed by atoms with Gasteiger partial charge in [0, 0.05) is 11.8 Å². The van der Waals surface area contributed by atoms with E-state index in [1.165, 1.54) is 16.3 Å². The number of rotatable bonds is 6. The van der Waals surface area contributed by atoms with Gasteiger partial charge in [-0.3, -0.25) is 4.79 Å². The molecule has 0 amide bonds. The Kier molecular flexibility index (Phi) is 6.34. The highest BCUT2D eigenvalue weighted by Crippen LogP contribution is 2.44. The zero-order chi connectivity index (χ0) is 21.0. The van der Waals surface area contributed by atoms with Crippen LogP contribution in [0, 0.1) is 11.8 Å². The van der Waals surface area contributed by atoms with Crippen molar-refractivity contribution in [2.75, 3.05) is 0 Å². The molecule has 0 spiro atoms. The van der Waals surface area contributed by atoms with E-state index >= 15 is 0 Å². The van der Waals surface area contributed by atoms with E-state index < -0.39 is 8.07 Å². The molecule has 0 bridgehead atoms. The number of Topliss-reactive ketones (excluding diaryl/α,β-unsaturated/α-hetero) is 1. The van der Waals surface area contributed by atoms with Gasteiger partial charge in [0.25, 0.3) is 0 Å². The van der Waals surface area contributed by atoms with Crippen LogP contribution in [0.4, 0.5) is 0 Å². The first-order chi connectivity index (χ1) is 14.6. The van der Waals surface area contributed by atoms with Gasteiger partial charge >= 0.3 is 0 Å². The first-order valence-electron chi connectivity index (χ1n) is 11.2. The first kappa shape index (κ1) is 20.8. The Balaban J connectivity index is 1.63. The van der Waals surface area contributed by atoms with Gasteiger partial charge in [-0.15, -0.1) is 0 Å². The predicted molar refractivity (Wildman–Crippen MR) is 129 cm³/mol. The predicted octanol–water partition coefficient (Wildman–Crippen LogP) is 6.05. The Labute approximate surface area is 182 Å². The number of ketones is 1. The summed E-state index contributed by atoms with van der Waals surface area (Å²) in [5.74, 6) is 0.769. The van der Waals surface area contributed by atoms with Gasteiger partial charge in [0.1, 0.15) is 5.78 Å². The summed E-state index contributed by atoms with van der Waals surface area (Å²) in [5, 5.41) is 1.47. The highest BCUT2D eigenvalue weighted by molar-refractivity contribution is 6.91. The smallest absolute Gasteiger partial charge is 0.139 e. The molecular weight excluding hydrogens is 380 g/mol. The molecular formula is C28H32OSi. The molecule has 3 aromatic rings. The van der Waals surface area contributed by atoms with E-state index in [9.17, 15) is 4.79 Å². The monoisotopic (exact) mass is 412 g/mol. The van der Waals surface area contributed by atoms with Crippen molar-refractivity contribution < 1.29 is 4.79 Å². The third kappa shape index (κ3) is 4.49. The van der Waals surface area contributed by atoms with Crippen LogP contribution in [0.2, 0.25) is 18.6 Å². The molecule has 0 heterocycles. The van der Waals surface area contributed by atoms with E-state index in [1.54, 1.807) is 0 Å². The minimum atomic E-state index is -1.78. The first-order valence-corrected chi connectivity index (χ1v) is 14.3. The maximum Gasteiger partial charge on any atom is 0.139 e. The van der Waals surface area contributed by atoms with E-state index in [0.29, 0.717) is 11.3 Å². The third-order valence-electron chi connectivity index (χ3n) is 7.15.